The van der Waals surface area contributed by atoms with Gasteiger partial charge in [0.2, 0.25) is 0 Å². The number of hydrogen-bond acceptors (Lipinski definition) is 2. The molecule has 0 aliphatic carbocycles. The van der Waals surface area contributed by atoms with Crippen LogP contribution in [0.2, 0.25) is 0 Å². The lowest BCUT2D eigenvalue weighted by Crippen LogP contribution is -3.11. The van der Waals surface area contributed by atoms with E-state index in [2.05, 4.69) is 68.6 Å². The number of hydrogen-bond donors (Lipinski definition) is 1. The summed E-state index contributed by atoms with van der Waals surface area (Å²) >= 11 is 8.14. The van der Waals surface area contributed by atoms with Gasteiger partial charge in [-0.1, -0.05) is 47.8 Å². The summed E-state index contributed by atoms with van der Waals surface area (Å²) in [4.78, 5) is 11.4. The highest BCUT2D eigenvalue weighted by Gasteiger charge is 2.17. The number of carbonyl (C=O) groups is 1. The maximum absolute atomic E-state index is 9.77. The van der Waals surface area contributed by atoms with Crippen LogP contribution < -0.4 is 10.0 Å². The van der Waals surface area contributed by atoms with Crippen LogP contribution in [0, 0.1) is 0 Å². The molecule has 6 heteroatoms. The van der Waals surface area contributed by atoms with Gasteiger partial charge in [-0.2, -0.15) is 0 Å². The molecular weight excluding hydrogens is 382 g/mol. The Kier molecular flexibility index (Phi) is 11.3. The summed E-state index contributed by atoms with van der Waals surface area (Å²) in [7, 11) is 0. The van der Waals surface area contributed by atoms with E-state index in [0.29, 0.717) is 0 Å². The Labute approximate surface area is 111 Å². The van der Waals surface area contributed by atoms with Gasteiger partial charge >= 0.3 is 0 Å². The molecule has 0 bridgehead atoms. The largest absolute Gasteiger partial charge is 0.547 e. The van der Waals surface area contributed by atoms with Crippen molar-refractivity contribution in [3.63, 3.8) is 0 Å². The minimum absolute atomic E-state index is 1.26. The van der Waals surface area contributed by atoms with E-state index in [0.717, 1.165) is 0 Å². The van der Waals surface area contributed by atoms with Crippen LogP contribution in [0.25, 0.3) is 0 Å². The summed E-state index contributed by atoms with van der Waals surface area (Å²) in [6, 6.07) is 0. The van der Waals surface area contributed by atoms with Crippen LogP contribution >= 0.6 is 47.8 Å². The first-order valence-electron chi connectivity index (χ1n) is 4.41. The SMILES string of the molecule is CC[NH+](CC)CC.O=C([O-])C(Br)(Br)Br. The molecular formula is C8H16Br3NO2. The average molecular weight is 398 g/mol. The third kappa shape index (κ3) is 10.9. The van der Waals surface area contributed by atoms with Crippen LogP contribution in [-0.2, 0) is 4.79 Å². The van der Waals surface area contributed by atoms with Crippen molar-refractivity contribution in [2.45, 2.75) is 22.9 Å². The highest BCUT2D eigenvalue weighted by atomic mass is 80.0. The molecule has 0 unspecified atom stereocenters. The molecule has 0 spiro atoms. The first-order chi connectivity index (χ1) is 6.29. The van der Waals surface area contributed by atoms with Crippen molar-refractivity contribution in [1.29, 1.82) is 0 Å². The predicted molar refractivity (Wildman–Crippen MR) is 67.1 cm³/mol. The summed E-state index contributed by atoms with van der Waals surface area (Å²) in [5.74, 6) is -1.26. The fourth-order valence-electron chi connectivity index (χ4n) is 0.750. The fraction of sp³-hybridized carbons (Fsp3) is 0.875. The third-order valence-electron chi connectivity index (χ3n) is 1.73. The smallest absolute Gasteiger partial charge is 0.173 e. The Morgan fingerprint density at radius 1 is 1.14 bits per heavy atom. The normalized spacial score (nSPS) is 10.8. The molecule has 0 aliphatic rings. The van der Waals surface area contributed by atoms with Crippen molar-refractivity contribution >= 4 is 53.8 Å². The molecule has 0 heterocycles. The van der Waals surface area contributed by atoms with Crippen molar-refractivity contribution in [1.82, 2.24) is 0 Å². The van der Waals surface area contributed by atoms with Crippen LogP contribution in [0.4, 0.5) is 0 Å². The second-order valence-corrected chi connectivity index (χ2v) is 9.36. The fourth-order valence-corrected chi connectivity index (χ4v) is 0.750. The Bertz CT molecular complexity index is 150. The van der Waals surface area contributed by atoms with Crippen molar-refractivity contribution in [3.05, 3.63) is 0 Å². The van der Waals surface area contributed by atoms with Crippen molar-refractivity contribution < 1.29 is 14.8 Å². The third-order valence-corrected chi connectivity index (χ3v) is 2.70. The molecule has 0 aliphatic heterocycles. The molecule has 86 valence electrons. The zero-order chi connectivity index (χ0) is 11.8. The molecule has 0 rings (SSSR count). The summed E-state index contributed by atoms with van der Waals surface area (Å²) in [6.45, 7) is 10.5. The topological polar surface area (TPSA) is 44.6 Å². The quantitative estimate of drug-likeness (QED) is 0.705. The monoisotopic (exact) mass is 395 g/mol. The van der Waals surface area contributed by atoms with Crippen LogP contribution in [0.5, 0.6) is 0 Å². The predicted octanol–water partition coefficient (Wildman–Crippen LogP) is 0.506. The van der Waals surface area contributed by atoms with E-state index >= 15 is 0 Å². The zero-order valence-electron chi connectivity index (χ0n) is 8.57. The molecule has 1 N–H and O–H groups in total. The minimum Gasteiger partial charge on any atom is -0.547 e. The van der Waals surface area contributed by atoms with Crippen LogP contribution in [0.15, 0.2) is 0 Å². The van der Waals surface area contributed by atoms with Gasteiger partial charge in [-0.15, -0.1) is 0 Å². The van der Waals surface area contributed by atoms with Gasteiger partial charge in [0.15, 0.2) is 2.14 Å². The van der Waals surface area contributed by atoms with Crippen molar-refractivity contribution in [2.24, 2.45) is 0 Å². The van der Waals surface area contributed by atoms with E-state index in [-0.39, 0.29) is 0 Å². The summed E-state index contributed by atoms with van der Waals surface area (Å²) in [6.07, 6.45) is 0. The van der Waals surface area contributed by atoms with Crippen molar-refractivity contribution in [3.8, 4) is 0 Å². The van der Waals surface area contributed by atoms with E-state index in [4.69, 9.17) is 0 Å². The number of alkyl halides is 3. The second kappa shape index (κ2) is 9.12. The molecule has 0 radical (unpaired) electrons. The second-order valence-electron chi connectivity index (χ2n) is 2.60. The van der Waals surface area contributed by atoms with Gasteiger partial charge in [-0.25, -0.2) is 0 Å². The summed E-state index contributed by atoms with van der Waals surface area (Å²) < 4.78 is -1.26. The molecule has 0 aromatic heterocycles. The number of quaternary nitrogens is 1. The average Bonchev–Trinajstić information content (AvgIpc) is 2.07. The Morgan fingerprint density at radius 2 is 1.36 bits per heavy atom. The maximum atomic E-state index is 9.77. The number of halogens is 3. The standard InChI is InChI=1S/C6H15N.C2HBr3O2/c1-4-7(5-2)6-3;3-2(4,5)1(6)7/h4-6H2,1-3H3;(H,6,7). The van der Waals surface area contributed by atoms with Gasteiger partial charge in [0.1, 0.15) is 0 Å². The first-order valence-corrected chi connectivity index (χ1v) is 6.79. The molecule has 0 aromatic carbocycles. The molecule has 0 aromatic rings. The van der Waals surface area contributed by atoms with Gasteiger partial charge in [0.25, 0.3) is 0 Å². The number of carboxylic acids is 1. The molecule has 0 fully saturated rings. The molecule has 0 amide bonds. The van der Waals surface area contributed by atoms with Gasteiger partial charge in [0.05, 0.1) is 25.6 Å². The number of aliphatic carboxylic acids is 1. The lowest BCUT2D eigenvalue weighted by Gasteiger charge is -2.10. The van der Waals surface area contributed by atoms with Gasteiger partial charge in [0, 0.05) is 0 Å². The number of nitrogens with one attached hydrogen (secondary N) is 1. The Hall–Kier alpha value is 0.870. The van der Waals surface area contributed by atoms with Gasteiger partial charge < -0.3 is 14.8 Å². The number of carbonyl (C=O) groups excluding carboxylic acids is 1. The zero-order valence-corrected chi connectivity index (χ0v) is 13.3. The van der Waals surface area contributed by atoms with Crippen LogP contribution in [0.1, 0.15) is 20.8 Å². The number of rotatable bonds is 3. The van der Waals surface area contributed by atoms with E-state index < -0.39 is 8.11 Å². The lowest BCUT2D eigenvalue weighted by atomic mass is 10.5. The number of carboxylic acid groups (broad SMARTS) is 1. The first kappa shape index (κ1) is 17.3. The summed E-state index contributed by atoms with van der Waals surface area (Å²) in [5, 5.41) is 9.77. The molecule has 14 heavy (non-hydrogen) atoms. The highest BCUT2D eigenvalue weighted by molar-refractivity contribution is 9.40. The van der Waals surface area contributed by atoms with Crippen molar-refractivity contribution in [2.75, 3.05) is 19.6 Å². The maximum Gasteiger partial charge on any atom is 0.173 e. The van der Waals surface area contributed by atoms with E-state index in [1.54, 1.807) is 4.90 Å². The molecule has 3 nitrogen and oxygen atoms in total. The van der Waals surface area contributed by atoms with Gasteiger partial charge in [-0.3, -0.25) is 0 Å². The van der Waals surface area contributed by atoms with E-state index in [9.17, 15) is 9.90 Å². The van der Waals surface area contributed by atoms with E-state index in [1.165, 1.54) is 19.6 Å². The lowest BCUT2D eigenvalue weighted by molar-refractivity contribution is -0.894. The molecule has 0 atom stereocenters. The highest BCUT2D eigenvalue weighted by Crippen LogP contribution is 2.32. The Balaban J connectivity index is 0. The molecule has 0 saturated carbocycles. The van der Waals surface area contributed by atoms with Gasteiger partial charge in [-0.05, 0) is 20.8 Å². The minimum atomic E-state index is -1.26. The van der Waals surface area contributed by atoms with E-state index in [1.807, 2.05) is 0 Å². The summed E-state index contributed by atoms with van der Waals surface area (Å²) in [5.41, 5.74) is 0. The van der Waals surface area contributed by atoms with Crippen LogP contribution in [-0.4, -0.2) is 27.7 Å². The Morgan fingerprint density at radius 3 is 1.36 bits per heavy atom. The van der Waals surface area contributed by atoms with Crippen LogP contribution in [0.3, 0.4) is 0 Å². The molecule has 0 saturated heterocycles.